The first-order valence-electron chi connectivity index (χ1n) is 30.7. The van der Waals surface area contributed by atoms with E-state index < -0.39 is 0 Å². The van der Waals surface area contributed by atoms with Crippen molar-refractivity contribution in [2.24, 2.45) is 0 Å². The van der Waals surface area contributed by atoms with Gasteiger partial charge in [-0.15, -0.1) is 0 Å². The molecular formula is C77H27NO2. The van der Waals surface area contributed by atoms with Crippen LogP contribution in [0.15, 0.2) is 24.3 Å². The Morgan fingerprint density at radius 2 is 0.438 bits per heavy atom. The van der Waals surface area contributed by atoms with E-state index in [9.17, 15) is 0 Å². The van der Waals surface area contributed by atoms with Crippen molar-refractivity contribution in [1.29, 1.82) is 0 Å². The van der Waals surface area contributed by atoms with Gasteiger partial charge in [0.05, 0.1) is 13.7 Å². The molecule has 1 saturated heterocycles. The van der Waals surface area contributed by atoms with Crippen LogP contribution in [0.3, 0.4) is 0 Å². The van der Waals surface area contributed by atoms with Gasteiger partial charge in [-0.3, -0.25) is 4.90 Å². The monoisotopic (exact) mass is 997 g/mol. The van der Waals surface area contributed by atoms with Crippen molar-refractivity contribution in [1.82, 2.24) is 4.90 Å². The van der Waals surface area contributed by atoms with Gasteiger partial charge < -0.3 is 9.47 Å². The van der Waals surface area contributed by atoms with E-state index in [1.807, 2.05) is 24.3 Å². The van der Waals surface area contributed by atoms with Crippen molar-refractivity contribution in [2.45, 2.75) is 62.4 Å². The normalized spacial score (nSPS) is 21.8. The molecule has 0 aromatic heterocycles. The Kier molecular flexibility index (Phi) is 3.39. The highest BCUT2D eigenvalue weighted by Crippen LogP contribution is 2.90. The molecule has 34 rings (SSSR count). The zero-order valence-corrected chi connectivity index (χ0v) is 42.6. The SMILES string of the molecule is COc1ccc(OCCCCCCCCCCN2C34c5c6c7c8c9c%10c(c%11c%12c3c3c%13c5c5c%14c6c6c8c8c9c9c%15c%10c%11c%10c%11c%12c3c3c%12c%13c5c5c%13c%14c6c6c8c8c9c9c%15c%10c%10c%11c3c3c%12c5c5c%13c6c8c6c9c%10c3c56)C724)cc1. The summed E-state index contributed by atoms with van der Waals surface area (Å²) in [7, 11) is 1.72. The molecule has 0 amide bonds. The third-order valence-electron chi connectivity index (χ3n) is 27.6. The Labute approximate surface area is 443 Å². The molecule has 3 heteroatoms. The molecule has 80 heavy (non-hydrogen) atoms. The number of hydrogen-bond acceptors (Lipinski definition) is 3. The fourth-order valence-electron chi connectivity index (χ4n) is 26.8. The predicted molar refractivity (Wildman–Crippen MR) is 336 cm³/mol. The smallest absolute Gasteiger partial charge is 0.119 e. The first kappa shape index (κ1) is 33.0. The van der Waals surface area contributed by atoms with E-state index in [0.29, 0.717) is 0 Å². The zero-order chi connectivity index (χ0) is 48.5. The summed E-state index contributed by atoms with van der Waals surface area (Å²) in [6.45, 7) is 1.96. The number of benzene rings is 18. The molecular weight excluding hydrogens is 971 g/mol. The summed E-state index contributed by atoms with van der Waals surface area (Å²) in [5, 5.41) is 91.2. The van der Waals surface area contributed by atoms with Crippen molar-refractivity contribution in [3.8, 4) is 11.5 Å². The van der Waals surface area contributed by atoms with Gasteiger partial charge in [0.1, 0.15) is 22.6 Å². The summed E-state index contributed by atoms with van der Waals surface area (Å²) in [5.74, 6) is 1.82. The maximum atomic E-state index is 6.10. The minimum absolute atomic E-state index is 0.188. The molecule has 2 spiro atoms. The molecule has 1 aliphatic heterocycles. The third-order valence-corrected chi connectivity index (χ3v) is 27.6. The average Bonchev–Trinajstić information content (AvgIpc) is 1.72. The topological polar surface area (TPSA) is 21.5 Å². The summed E-state index contributed by atoms with van der Waals surface area (Å²) in [6, 6.07) is 8.03. The Bertz CT molecular complexity index is 7340. The van der Waals surface area contributed by atoms with Gasteiger partial charge in [0, 0.05) is 6.54 Å². The minimum atomic E-state index is -0.188. The highest BCUT2D eigenvalue weighted by atomic mass is 16.5. The second-order valence-electron chi connectivity index (χ2n) is 28.7. The van der Waals surface area contributed by atoms with Crippen LogP contribution >= 0.6 is 0 Å². The van der Waals surface area contributed by atoms with Crippen LogP contribution in [0.25, 0.3) is 291 Å². The first-order chi connectivity index (χ1) is 39.9. The minimum Gasteiger partial charge on any atom is -0.497 e. The largest absolute Gasteiger partial charge is 0.497 e. The Morgan fingerprint density at radius 3 is 0.725 bits per heavy atom. The van der Waals surface area contributed by atoms with Crippen molar-refractivity contribution in [2.75, 3.05) is 20.3 Å². The summed E-state index contributed by atoms with van der Waals surface area (Å²) < 4.78 is 11.5. The van der Waals surface area contributed by atoms with Crippen molar-refractivity contribution in [3.05, 3.63) is 46.5 Å². The molecule has 3 nitrogen and oxygen atoms in total. The van der Waals surface area contributed by atoms with E-state index >= 15 is 0 Å². The van der Waals surface area contributed by atoms with Crippen LogP contribution in [0.4, 0.5) is 0 Å². The van der Waals surface area contributed by atoms with Crippen LogP contribution in [0.5, 0.6) is 11.5 Å². The molecule has 2 unspecified atom stereocenters. The summed E-state index contributed by atoms with van der Waals surface area (Å²) >= 11 is 0. The fraction of sp³-hybridized carbons (Fsp3) is 0.169. The lowest BCUT2D eigenvalue weighted by atomic mass is 9.69. The van der Waals surface area contributed by atoms with Gasteiger partial charge in [0.2, 0.25) is 0 Å². The fourth-order valence-corrected chi connectivity index (χ4v) is 26.8. The molecule has 0 saturated carbocycles. The molecule has 0 N–H and O–H groups in total. The quantitative estimate of drug-likeness (QED) is 0.0653. The molecule has 0 bridgehead atoms. The molecule has 1 fully saturated rings. The highest BCUT2D eigenvalue weighted by Gasteiger charge is 2.86. The molecule has 1 heterocycles. The van der Waals surface area contributed by atoms with Gasteiger partial charge in [-0.1, -0.05) is 38.5 Å². The van der Waals surface area contributed by atoms with Crippen LogP contribution in [0.1, 0.15) is 73.6 Å². The van der Waals surface area contributed by atoms with Gasteiger partial charge in [-0.05, 0) is 350 Å². The van der Waals surface area contributed by atoms with Gasteiger partial charge in [0.15, 0.2) is 0 Å². The van der Waals surface area contributed by atoms with Gasteiger partial charge in [-0.2, -0.15) is 0 Å². The lowest BCUT2D eigenvalue weighted by Gasteiger charge is -2.29. The summed E-state index contributed by atoms with van der Waals surface area (Å²) in [4.78, 5) is 3.30. The first-order valence-corrected chi connectivity index (χ1v) is 30.7. The Morgan fingerprint density at radius 1 is 0.237 bits per heavy atom. The van der Waals surface area contributed by atoms with Crippen LogP contribution in [0, 0.1) is 0 Å². The summed E-state index contributed by atoms with van der Waals surface area (Å²) in [6.07, 6.45) is 10.2. The Balaban J connectivity index is 0.763. The molecule has 0 radical (unpaired) electrons. The van der Waals surface area contributed by atoms with E-state index in [0.717, 1.165) is 24.5 Å². The van der Waals surface area contributed by atoms with E-state index in [-0.39, 0.29) is 11.1 Å². The van der Waals surface area contributed by atoms with Gasteiger partial charge in [0.25, 0.3) is 0 Å². The summed E-state index contributed by atoms with van der Waals surface area (Å²) in [5.41, 5.74) is 6.80. The second-order valence-corrected chi connectivity index (χ2v) is 28.7. The van der Waals surface area contributed by atoms with Crippen molar-refractivity contribution < 1.29 is 9.47 Å². The maximum Gasteiger partial charge on any atom is 0.119 e. The molecule has 29 aromatic carbocycles. The molecule has 4 aliphatic carbocycles. The third kappa shape index (κ3) is 2.01. The Hall–Kier alpha value is -8.76. The molecule has 352 valence electrons. The second kappa shape index (κ2) is 8.23. The molecule has 5 aliphatic rings. The van der Waals surface area contributed by atoms with Gasteiger partial charge >= 0.3 is 0 Å². The van der Waals surface area contributed by atoms with E-state index in [2.05, 4.69) is 4.90 Å². The predicted octanol–water partition coefficient (Wildman–Crippen LogP) is 20.7. The average molecular weight is 998 g/mol. The zero-order valence-electron chi connectivity index (χ0n) is 42.6. The number of hydrogen-bond donors (Lipinski definition) is 0. The van der Waals surface area contributed by atoms with Crippen molar-refractivity contribution >= 4 is 291 Å². The standard InChI is InChI=1S/C77H27NO2/c1-79-16-10-12-17(13-11-16)80-15-9-7-5-3-2-4-6-8-14-78-76-72-65-58-46-38-29-20-18-19-21-24(20)33-40(38)48-49-41(33)39-30(21)32-28-23(19)26-25-22(18)27-31(29)44(46)52-50-36(27)34(25)42-43-35(26)37(28)51-53-45(32)47(39)59-61(49)70(69(72)60(48)58)73-66(59)64(53)68-57(51)55(43)62-54(42)56(50)67(63(52)65)74(76)71(62)75(68)77(73,76)78/h10-13H,2-9,14-15H2,1H3. The van der Waals surface area contributed by atoms with E-state index in [1.54, 1.807) is 320 Å². The number of unbranched alkanes of at least 4 members (excludes halogenated alkanes) is 7. The van der Waals surface area contributed by atoms with Crippen molar-refractivity contribution in [3.63, 3.8) is 0 Å². The van der Waals surface area contributed by atoms with Crippen LogP contribution in [0.2, 0.25) is 0 Å². The lowest BCUT2D eigenvalue weighted by Crippen LogP contribution is -2.25. The van der Waals surface area contributed by atoms with E-state index in [1.165, 1.54) is 51.5 Å². The van der Waals surface area contributed by atoms with E-state index in [4.69, 9.17) is 9.47 Å². The van der Waals surface area contributed by atoms with Crippen LogP contribution < -0.4 is 9.47 Å². The van der Waals surface area contributed by atoms with Crippen LogP contribution in [-0.2, 0) is 11.1 Å². The van der Waals surface area contributed by atoms with Gasteiger partial charge in [-0.25, -0.2) is 0 Å². The molecule has 2 atom stereocenters. The highest BCUT2D eigenvalue weighted by molar-refractivity contribution is 6.82. The number of methoxy groups -OCH3 is 1. The number of ether oxygens (including phenoxy) is 2. The number of nitrogens with zero attached hydrogens (tertiary/aromatic N) is 1. The van der Waals surface area contributed by atoms with Crippen LogP contribution in [-0.4, -0.2) is 25.2 Å². The molecule has 29 aromatic rings. The maximum absolute atomic E-state index is 6.10. The number of rotatable bonds is 13. The lowest BCUT2D eigenvalue weighted by molar-refractivity contribution is 0.303.